The Morgan fingerprint density at radius 1 is 1.21 bits per heavy atom. The molecule has 0 amide bonds. The van der Waals surface area contributed by atoms with Crippen LogP contribution in [-0.4, -0.2) is 46.2 Å². The summed E-state index contributed by atoms with van der Waals surface area (Å²) in [6, 6.07) is 11.4. The van der Waals surface area contributed by atoms with E-state index >= 15 is 0 Å². The summed E-state index contributed by atoms with van der Waals surface area (Å²) < 4.78 is 6.16. The topological polar surface area (TPSA) is 95.2 Å². The third-order valence-corrected chi connectivity index (χ3v) is 7.84. The molecule has 1 saturated heterocycles. The molecule has 9 heteroatoms. The van der Waals surface area contributed by atoms with Crippen LogP contribution in [0.4, 0.5) is 17.3 Å². The molecular formula is C34H43ClN6O2. The highest BCUT2D eigenvalue weighted by molar-refractivity contribution is 6.32. The number of hydrogen-bond acceptors (Lipinski definition) is 8. The summed E-state index contributed by atoms with van der Waals surface area (Å²) in [4.78, 5) is 21.0. The molecule has 0 saturated carbocycles. The number of anilines is 2. The molecule has 0 aliphatic carbocycles. The van der Waals surface area contributed by atoms with E-state index in [1.165, 1.54) is 0 Å². The van der Waals surface area contributed by atoms with Gasteiger partial charge < -0.3 is 20.1 Å². The maximum atomic E-state index is 10.4. The molecule has 228 valence electrons. The second kappa shape index (κ2) is 14.6. The van der Waals surface area contributed by atoms with Gasteiger partial charge in [0.15, 0.2) is 5.82 Å². The van der Waals surface area contributed by atoms with Crippen LogP contribution in [0.15, 0.2) is 52.6 Å². The van der Waals surface area contributed by atoms with E-state index in [9.17, 15) is 5.11 Å². The molecule has 4 rings (SSSR count). The number of aliphatic imine (C=N–C) groups is 2. The lowest BCUT2D eigenvalue weighted by Gasteiger charge is -2.35. The van der Waals surface area contributed by atoms with Crippen molar-refractivity contribution >= 4 is 53.3 Å². The number of benzene rings is 2. The molecule has 0 spiro atoms. The van der Waals surface area contributed by atoms with Gasteiger partial charge in [-0.1, -0.05) is 44.5 Å². The summed E-state index contributed by atoms with van der Waals surface area (Å²) in [5.41, 5.74) is 2.05. The number of aliphatic hydroxyl groups is 1. The van der Waals surface area contributed by atoms with Crippen LogP contribution in [0.3, 0.4) is 0 Å². The molecule has 1 unspecified atom stereocenters. The van der Waals surface area contributed by atoms with Crippen LogP contribution in [0.2, 0.25) is 5.02 Å². The van der Waals surface area contributed by atoms with Gasteiger partial charge >= 0.3 is 0 Å². The number of ether oxygens (including phenoxy) is 1. The van der Waals surface area contributed by atoms with Crippen LogP contribution in [0.1, 0.15) is 65.9 Å². The molecule has 2 aromatic carbocycles. The fourth-order valence-corrected chi connectivity index (χ4v) is 4.81. The van der Waals surface area contributed by atoms with E-state index in [2.05, 4.69) is 52.0 Å². The number of hydrogen-bond donors (Lipinski definition) is 2. The minimum atomic E-state index is -0.654. The van der Waals surface area contributed by atoms with E-state index in [1.807, 2.05) is 69.6 Å². The smallest absolute Gasteiger partial charge is 0.226 e. The fourth-order valence-electron chi connectivity index (χ4n) is 4.59. The fraction of sp³-hybridized carbons (Fsp3) is 0.412. The van der Waals surface area contributed by atoms with Gasteiger partial charge in [0, 0.05) is 48.7 Å². The molecule has 1 aliphatic heterocycles. The van der Waals surface area contributed by atoms with Crippen molar-refractivity contribution in [1.29, 1.82) is 0 Å². The van der Waals surface area contributed by atoms with Gasteiger partial charge in [0.2, 0.25) is 5.95 Å². The van der Waals surface area contributed by atoms with E-state index in [-0.39, 0.29) is 0 Å². The van der Waals surface area contributed by atoms with Crippen molar-refractivity contribution in [3.05, 3.63) is 63.7 Å². The van der Waals surface area contributed by atoms with Crippen molar-refractivity contribution in [2.45, 2.75) is 72.8 Å². The molecule has 8 nitrogen and oxygen atoms in total. The van der Waals surface area contributed by atoms with Crippen LogP contribution in [0, 0.1) is 12.8 Å². The lowest BCUT2D eigenvalue weighted by atomic mass is 9.94. The summed E-state index contributed by atoms with van der Waals surface area (Å²) in [5.74, 6) is 2.82. The van der Waals surface area contributed by atoms with Crippen LogP contribution in [-0.2, 0) is 0 Å². The summed E-state index contributed by atoms with van der Waals surface area (Å²) in [7, 11) is 0. The maximum Gasteiger partial charge on any atom is 0.226 e. The summed E-state index contributed by atoms with van der Waals surface area (Å²) in [5, 5.41) is 15.9. The summed E-state index contributed by atoms with van der Waals surface area (Å²) in [6.45, 7) is 13.5. The molecule has 1 aliphatic rings. The predicted molar refractivity (Wildman–Crippen MR) is 180 cm³/mol. The van der Waals surface area contributed by atoms with E-state index in [1.54, 1.807) is 6.21 Å². The first kappa shape index (κ1) is 32.2. The Morgan fingerprint density at radius 2 is 1.98 bits per heavy atom. The molecule has 1 aromatic heterocycles. The Labute approximate surface area is 259 Å². The van der Waals surface area contributed by atoms with E-state index in [0.717, 1.165) is 35.0 Å². The number of halogens is 1. The SMILES string of the molecule is C\C=N/C(Nc1ccc(Oc2ccc(C)c(N=CC(C)CC)c2)c(Cl)c1)=c1/nc(N2CCC(C)(O)CC2)nc/c1=C\CC. The Balaban J connectivity index is 1.63. The summed E-state index contributed by atoms with van der Waals surface area (Å²) >= 11 is 6.71. The quantitative estimate of drug-likeness (QED) is 0.248. The van der Waals surface area contributed by atoms with E-state index in [4.69, 9.17) is 21.3 Å². The third kappa shape index (κ3) is 8.65. The van der Waals surface area contributed by atoms with Crippen molar-refractivity contribution in [2.75, 3.05) is 23.3 Å². The van der Waals surface area contributed by atoms with Crippen molar-refractivity contribution in [2.24, 2.45) is 15.9 Å². The van der Waals surface area contributed by atoms with Gasteiger partial charge in [0.05, 0.1) is 16.3 Å². The van der Waals surface area contributed by atoms with Crippen molar-refractivity contribution in [3.8, 4) is 11.5 Å². The maximum absolute atomic E-state index is 10.4. The highest BCUT2D eigenvalue weighted by atomic mass is 35.5. The lowest BCUT2D eigenvalue weighted by molar-refractivity contribution is 0.0348. The monoisotopic (exact) mass is 602 g/mol. The van der Waals surface area contributed by atoms with Crippen LogP contribution < -0.4 is 25.5 Å². The zero-order valence-corrected chi connectivity index (χ0v) is 26.8. The molecule has 0 radical (unpaired) electrons. The minimum absolute atomic E-state index is 0.407. The van der Waals surface area contributed by atoms with Crippen molar-refractivity contribution < 1.29 is 9.84 Å². The number of aryl methyl sites for hydroxylation is 1. The Kier molecular flexibility index (Phi) is 10.9. The first-order valence-electron chi connectivity index (χ1n) is 15.0. The van der Waals surface area contributed by atoms with Gasteiger partial charge in [-0.25, -0.2) is 15.0 Å². The average molecular weight is 603 g/mol. The first-order valence-corrected chi connectivity index (χ1v) is 15.4. The van der Waals surface area contributed by atoms with Crippen molar-refractivity contribution in [3.63, 3.8) is 0 Å². The number of nitrogens with one attached hydrogen (secondary N) is 1. The van der Waals surface area contributed by atoms with Crippen molar-refractivity contribution in [1.82, 2.24) is 9.97 Å². The summed E-state index contributed by atoms with van der Waals surface area (Å²) in [6.07, 6.45) is 10.8. The molecule has 43 heavy (non-hydrogen) atoms. The Bertz CT molecular complexity index is 1590. The van der Waals surface area contributed by atoms with Gasteiger partial charge in [0.25, 0.3) is 0 Å². The van der Waals surface area contributed by atoms with Crippen LogP contribution >= 0.6 is 11.6 Å². The van der Waals surface area contributed by atoms with E-state index < -0.39 is 5.60 Å². The number of nitrogens with zero attached hydrogens (tertiary/aromatic N) is 5. The second-order valence-electron chi connectivity index (χ2n) is 11.3. The molecule has 3 aromatic rings. The van der Waals surface area contributed by atoms with Gasteiger partial charge in [-0.2, -0.15) is 0 Å². The average Bonchev–Trinajstić information content (AvgIpc) is 2.98. The zero-order chi connectivity index (χ0) is 31.0. The van der Waals surface area contributed by atoms with Gasteiger partial charge in [-0.05, 0) is 82.2 Å². The minimum Gasteiger partial charge on any atom is -0.456 e. The number of aromatic nitrogens is 2. The highest BCUT2D eigenvalue weighted by Gasteiger charge is 2.28. The Hall–Kier alpha value is -3.75. The third-order valence-electron chi connectivity index (χ3n) is 7.55. The lowest BCUT2D eigenvalue weighted by Crippen LogP contribution is -2.44. The van der Waals surface area contributed by atoms with Crippen LogP contribution in [0.25, 0.3) is 11.9 Å². The Morgan fingerprint density at radius 3 is 2.65 bits per heavy atom. The largest absolute Gasteiger partial charge is 0.456 e. The van der Waals surface area contributed by atoms with E-state index in [0.29, 0.717) is 65.5 Å². The first-order chi connectivity index (χ1) is 20.6. The molecule has 2 heterocycles. The number of rotatable bonds is 10. The predicted octanol–water partition coefficient (Wildman–Crippen LogP) is 6.79. The molecule has 0 bridgehead atoms. The molecular weight excluding hydrogens is 560 g/mol. The zero-order valence-electron chi connectivity index (χ0n) is 26.1. The van der Waals surface area contributed by atoms with Gasteiger partial charge in [-0.3, -0.25) is 4.99 Å². The van der Waals surface area contributed by atoms with Gasteiger partial charge in [0.1, 0.15) is 16.8 Å². The molecule has 2 N–H and O–H groups in total. The second-order valence-corrected chi connectivity index (χ2v) is 11.7. The molecule has 1 fully saturated rings. The standard InChI is InChI=1S/C34H43ClN6O2/c1-7-10-25-22-38-33(41-17-15-34(6,42)16-18-41)40-31(25)32(36-9-3)39-26-12-14-30(28(35)19-26)43-27-13-11-24(5)29(20-27)37-21-23(4)8-2/h9-14,19-23,39,42H,7-8,15-18H2,1-6H3/b25-10+,32-31-,36-9-,37-21?. The molecule has 1 atom stereocenters. The highest BCUT2D eigenvalue weighted by Crippen LogP contribution is 2.34. The van der Waals surface area contributed by atoms with Gasteiger partial charge in [-0.15, -0.1) is 0 Å². The number of piperidine rings is 1. The van der Waals surface area contributed by atoms with Crippen LogP contribution in [0.5, 0.6) is 11.5 Å². The normalized spacial score (nSPS) is 17.0.